The minimum atomic E-state index is -0.498. The van der Waals surface area contributed by atoms with E-state index in [1.165, 1.54) is 9.80 Å². The van der Waals surface area contributed by atoms with Gasteiger partial charge in [0.25, 0.3) is 23.6 Å². The summed E-state index contributed by atoms with van der Waals surface area (Å²) in [6.07, 6.45) is 8.47. The number of carbonyl (C=O) groups is 4. The number of benzene rings is 9. The first-order valence-electron chi connectivity index (χ1n) is 29.8. The Kier molecular flexibility index (Phi) is 17.1. The highest BCUT2D eigenvalue weighted by Gasteiger charge is 2.41. The van der Waals surface area contributed by atoms with E-state index < -0.39 is 23.6 Å². The maximum atomic E-state index is 15.2. The Bertz CT molecular complexity index is 3400. The summed E-state index contributed by atoms with van der Waals surface area (Å²) < 4.78 is 52.7. The third kappa shape index (κ3) is 11.0. The summed E-state index contributed by atoms with van der Waals surface area (Å²) in [4.78, 5) is 63.4. The molecular weight excluding hydrogens is 1060 g/mol. The Labute approximate surface area is 489 Å². The summed E-state index contributed by atoms with van der Waals surface area (Å²) in [5.41, 5.74) is 0.906. The highest BCUT2D eigenvalue weighted by molar-refractivity contribution is 6.44. The van der Waals surface area contributed by atoms with Crippen molar-refractivity contribution in [3.63, 3.8) is 0 Å². The van der Waals surface area contributed by atoms with Crippen molar-refractivity contribution < 1.29 is 57.1 Å². The lowest BCUT2D eigenvalue weighted by Gasteiger charge is -2.32. The summed E-state index contributed by atoms with van der Waals surface area (Å²) in [6.45, 7) is 14.8. The van der Waals surface area contributed by atoms with E-state index in [-0.39, 0.29) is 58.3 Å². The highest BCUT2D eigenvalue weighted by Crippen LogP contribution is 2.58. The topological polar surface area (TPSA) is 149 Å². The number of imide groups is 2. The molecule has 0 fully saturated rings. The zero-order valence-electron chi connectivity index (χ0n) is 48.7. The van der Waals surface area contributed by atoms with E-state index in [0.29, 0.717) is 128 Å². The molecule has 11 rings (SSSR count). The predicted octanol–water partition coefficient (Wildman–Crippen LogP) is 17.6. The fraction of sp³-hybridized carbons (Fsp3) is 0.314. The van der Waals surface area contributed by atoms with E-state index in [2.05, 4.69) is 27.7 Å². The minimum Gasteiger partial charge on any atom is -0.494 e. The smallest absolute Gasteiger partial charge is 0.261 e. The summed E-state index contributed by atoms with van der Waals surface area (Å²) in [6, 6.07) is 35.9. The van der Waals surface area contributed by atoms with Crippen molar-refractivity contribution in [3.8, 4) is 69.0 Å². The average molecular weight is 1130 g/mol. The van der Waals surface area contributed by atoms with Gasteiger partial charge in [0.05, 0.1) is 48.7 Å². The second-order valence-corrected chi connectivity index (χ2v) is 21.3. The Balaban J connectivity index is 1.28. The first-order valence-corrected chi connectivity index (χ1v) is 29.8. The number of hydrogen-bond donors (Lipinski definition) is 0. The van der Waals surface area contributed by atoms with Gasteiger partial charge < -0.3 is 37.9 Å². The molecule has 0 saturated carbocycles. The SMILES string of the molecule is CCCCOc1ccc(Oc2cc3c4c(cc(Oc5ccc(OCCCC)cc5)c5c6c(Oc7ccc(OCCCC)cc7)cc7c8c(cc(Oc9ccc(OCCCC)cc9)c(c2c45)c86)C(=O)N(CCC)C7=O)C(=O)N(CCC)C3=O)cc1. The molecule has 0 bridgehead atoms. The van der Waals surface area contributed by atoms with Crippen LogP contribution in [0.2, 0.25) is 0 Å². The molecule has 2 heterocycles. The molecule has 0 aromatic heterocycles. The number of ether oxygens (including phenoxy) is 8. The van der Waals surface area contributed by atoms with Crippen LogP contribution >= 0.6 is 0 Å². The summed E-state index contributed by atoms with van der Waals surface area (Å²) >= 11 is 0. The van der Waals surface area contributed by atoms with Gasteiger partial charge in [-0.1, -0.05) is 67.2 Å². The molecule has 0 atom stereocenters. The van der Waals surface area contributed by atoms with Crippen molar-refractivity contribution in [2.24, 2.45) is 0 Å². The Morgan fingerprint density at radius 2 is 0.488 bits per heavy atom. The van der Waals surface area contributed by atoms with Crippen LogP contribution in [0.5, 0.6) is 69.0 Å². The van der Waals surface area contributed by atoms with Crippen LogP contribution in [-0.4, -0.2) is 72.9 Å². The van der Waals surface area contributed by atoms with Gasteiger partial charge >= 0.3 is 0 Å². The molecule has 0 spiro atoms. The molecule has 14 heteroatoms. The molecule has 9 aromatic rings. The fourth-order valence-corrected chi connectivity index (χ4v) is 11.0. The molecule has 432 valence electrons. The van der Waals surface area contributed by atoms with Gasteiger partial charge in [-0.15, -0.1) is 0 Å². The number of nitrogens with zero attached hydrogens (tertiary/aromatic N) is 2. The second-order valence-electron chi connectivity index (χ2n) is 21.3. The van der Waals surface area contributed by atoms with E-state index in [4.69, 9.17) is 37.9 Å². The second kappa shape index (κ2) is 25.2. The highest BCUT2D eigenvalue weighted by atomic mass is 16.5. The number of amides is 4. The third-order valence-electron chi connectivity index (χ3n) is 15.2. The van der Waals surface area contributed by atoms with E-state index in [1.54, 1.807) is 72.8 Å². The Hall–Kier alpha value is -9.04. The Morgan fingerprint density at radius 1 is 0.274 bits per heavy atom. The largest absolute Gasteiger partial charge is 0.494 e. The lowest BCUT2D eigenvalue weighted by molar-refractivity contribution is 0.0595. The van der Waals surface area contributed by atoms with Crippen molar-refractivity contribution in [2.75, 3.05) is 39.5 Å². The average Bonchev–Trinajstić information content (AvgIpc) is 3.02. The molecule has 4 amide bonds. The van der Waals surface area contributed by atoms with E-state index in [1.807, 2.05) is 62.4 Å². The van der Waals surface area contributed by atoms with Gasteiger partial charge in [0.15, 0.2) is 0 Å². The number of hydrogen-bond acceptors (Lipinski definition) is 12. The summed E-state index contributed by atoms with van der Waals surface area (Å²) in [5.74, 6) is 3.24. The van der Waals surface area contributed by atoms with Crippen LogP contribution in [0.25, 0.3) is 43.1 Å². The normalized spacial score (nSPS) is 13.0. The number of unbranched alkanes of at least 4 members (excludes halogenated alkanes) is 4. The van der Waals surface area contributed by atoms with Crippen molar-refractivity contribution in [2.45, 2.75) is 106 Å². The molecule has 2 aliphatic rings. The van der Waals surface area contributed by atoms with Crippen molar-refractivity contribution in [1.82, 2.24) is 9.80 Å². The molecule has 0 aliphatic carbocycles. The van der Waals surface area contributed by atoms with Gasteiger partial charge in [0, 0.05) is 56.2 Å². The van der Waals surface area contributed by atoms with Gasteiger partial charge in [-0.3, -0.25) is 29.0 Å². The first kappa shape index (κ1) is 56.8. The lowest BCUT2D eigenvalue weighted by atomic mass is 9.80. The van der Waals surface area contributed by atoms with Crippen molar-refractivity contribution >= 4 is 66.7 Å². The molecule has 0 radical (unpaired) electrons. The quantitative estimate of drug-likeness (QED) is 0.0199. The van der Waals surface area contributed by atoms with Crippen LogP contribution in [-0.2, 0) is 0 Å². The van der Waals surface area contributed by atoms with Crippen LogP contribution in [0, 0.1) is 0 Å². The summed E-state index contributed by atoms with van der Waals surface area (Å²) in [7, 11) is 0. The van der Waals surface area contributed by atoms with Gasteiger partial charge in [-0.05, 0) is 160 Å². The monoisotopic (exact) mass is 1130 g/mol. The Morgan fingerprint density at radius 3 is 0.690 bits per heavy atom. The number of fused-ring (bicyclic) bond motifs is 2. The van der Waals surface area contributed by atoms with Gasteiger partial charge in [-0.25, -0.2) is 0 Å². The third-order valence-corrected chi connectivity index (χ3v) is 15.2. The molecular formula is C70H70N2O12. The maximum Gasteiger partial charge on any atom is 0.261 e. The molecule has 14 nitrogen and oxygen atoms in total. The molecule has 9 aromatic carbocycles. The standard InChI is InChI=1S/C70H70N2O12/c1-7-13-35-77-43-17-25-47(26-18-43)81-55-39-51-59-52(68(74)71(33-11-5)67(51)73)41-57(83-49-29-21-45(22-30-49)79-37-15-9-3)63-64-58(84-50-31-23-46(24-32-50)80-38-16-10-4)42-54-60-53(69(75)72(34-12-6)70(54)76)40-56(62(66(60)64)61(55)65(59)63)82-48-27-19-44(20-28-48)78-36-14-8-2/h17-32,39-42H,7-16,33-38H2,1-6H3. The van der Waals surface area contributed by atoms with Crippen LogP contribution in [0.3, 0.4) is 0 Å². The molecule has 0 unspecified atom stereocenters. The first-order chi connectivity index (χ1) is 41.1. The zero-order valence-corrected chi connectivity index (χ0v) is 48.7. The molecule has 84 heavy (non-hydrogen) atoms. The van der Waals surface area contributed by atoms with Crippen LogP contribution in [0.4, 0.5) is 0 Å². The van der Waals surface area contributed by atoms with Gasteiger partial charge in [0.1, 0.15) is 69.0 Å². The van der Waals surface area contributed by atoms with Crippen molar-refractivity contribution in [3.05, 3.63) is 144 Å². The minimum absolute atomic E-state index is 0.152. The number of rotatable bonds is 28. The molecule has 0 N–H and O–H groups in total. The zero-order chi connectivity index (χ0) is 58.4. The van der Waals surface area contributed by atoms with Gasteiger partial charge in [0.2, 0.25) is 0 Å². The molecule has 0 saturated heterocycles. The van der Waals surface area contributed by atoms with E-state index in [9.17, 15) is 0 Å². The molecule has 2 aliphatic heterocycles. The van der Waals surface area contributed by atoms with Crippen molar-refractivity contribution in [1.29, 1.82) is 0 Å². The predicted molar refractivity (Wildman–Crippen MR) is 327 cm³/mol. The van der Waals surface area contributed by atoms with E-state index >= 15 is 19.2 Å². The van der Waals surface area contributed by atoms with E-state index in [0.717, 1.165) is 51.4 Å². The van der Waals surface area contributed by atoms with Gasteiger partial charge in [-0.2, -0.15) is 0 Å². The number of carbonyl (C=O) groups excluding carboxylic acids is 4. The lowest BCUT2D eigenvalue weighted by Crippen LogP contribution is -2.41. The maximum absolute atomic E-state index is 15.2. The van der Waals surface area contributed by atoms with Crippen LogP contribution in [0.1, 0.15) is 147 Å². The summed E-state index contributed by atoms with van der Waals surface area (Å²) in [5, 5.41) is 3.26. The van der Waals surface area contributed by atoms with Crippen LogP contribution < -0.4 is 37.9 Å². The fourth-order valence-electron chi connectivity index (χ4n) is 11.0. The van der Waals surface area contributed by atoms with Crippen LogP contribution in [0.15, 0.2) is 121 Å².